The lowest BCUT2D eigenvalue weighted by molar-refractivity contribution is -0.0159. The van der Waals surface area contributed by atoms with Gasteiger partial charge in [-0.3, -0.25) is 4.90 Å². The highest BCUT2D eigenvalue weighted by molar-refractivity contribution is 5.76. The fourth-order valence-corrected chi connectivity index (χ4v) is 2.51. The minimum atomic E-state index is 0.453. The Morgan fingerprint density at radius 3 is 3.21 bits per heavy atom. The lowest BCUT2D eigenvalue weighted by Crippen LogP contribution is -2.44. The van der Waals surface area contributed by atoms with Crippen LogP contribution in [-0.2, 0) is 11.3 Å². The van der Waals surface area contributed by atoms with Gasteiger partial charge in [-0.25, -0.2) is 4.98 Å². The van der Waals surface area contributed by atoms with Gasteiger partial charge in [-0.15, -0.1) is 0 Å². The van der Waals surface area contributed by atoms with E-state index >= 15 is 0 Å². The molecule has 1 aliphatic rings. The Morgan fingerprint density at radius 2 is 2.37 bits per heavy atom. The molecule has 2 heterocycles. The Balaban J connectivity index is 1.80. The summed E-state index contributed by atoms with van der Waals surface area (Å²) < 4.78 is 11.3. The number of nitrogens with two attached hydrogens (primary N) is 1. The number of morpholine rings is 1. The monoisotopic (exact) mass is 261 g/mol. The fraction of sp³-hybridized carbons (Fsp3) is 0.500. The molecule has 5 heteroatoms. The summed E-state index contributed by atoms with van der Waals surface area (Å²) in [5.74, 6) is 0.751. The number of hydrogen-bond donors (Lipinski definition) is 1. The van der Waals surface area contributed by atoms with Crippen LogP contribution in [-0.4, -0.2) is 35.7 Å². The highest BCUT2D eigenvalue weighted by Crippen LogP contribution is 2.21. The van der Waals surface area contributed by atoms with Crippen molar-refractivity contribution < 1.29 is 9.15 Å². The maximum absolute atomic E-state index is 5.77. The summed E-state index contributed by atoms with van der Waals surface area (Å²) >= 11 is 0. The van der Waals surface area contributed by atoms with Crippen LogP contribution < -0.4 is 5.73 Å². The van der Waals surface area contributed by atoms with E-state index in [1.807, 2.05) is 18.2 Å². The van der Waals surface area contributed by atoms with Gasteiger partial charge in [-0.05, 0) is 24.6 Å². The number of nitrogens with zero attached hydrogens (tertiary/aromatic N) is 2. The molecular weight excluding hydrogens is 242 g/mol. The second-order valence-corrected chi connectivity index (χ2v) is 4.94. The Bertz CT molecular complexity index is 567. The van der Waals surface area contributed by atoms with Crippen LogP contribution in [0.5, 0.6) is 0 Å². The lowest BCUT2D eigenvalue weighted by atomic mass is 10.2. The molecule has 1 aliphatic heterocycles. The van der Waals surface area contributed by atoms with E-state index in [1.165, 1.54) is 0 Å². The number of oxazole rings is 1. The van der Waals surface area contributed by atoms with Crippen LogP contribution in [0.3, 0.4) is 0 Å². The van der Waals surface area contributed by atoms with Crippen molar-refractivity contribution in [3.8, 4) is 0 Å². The van der Waals surface area contributed by atoms with Crippen molar-refractivity contribution in [1.29, 1.82) is 0 Å². The van der Waals surface area contributed by atoms with Crippen molar-refractivity contribution in [3.05, 3.63) is 24.1 Å². The second-order valence-electron chi connectivity index (χ2n) is 4.94. The maximum Gasteiger partial charge on any atom is 0.209 e. The van der Waals surface area contributed by atoms with E-state index in [0.717, 1.165) is 49.7 Å². The summed E-state index contributed by atoms with van der Waals surface area (Å²) in [5, 5.41) is 0. The van der Waals surface area contributed by atoms with E-state index in [-0.39, 0.29) is 0 Å². The predicted octanol–water partition coefficient (Wildman–Crippen LogP) is 2.02. The molecule has 0 aliphatic carbocycles. The average Bonchev–Trinajstić information content (AvgIpc) is 2.80. The molecule has 1 fully saturated rings. The number of aromatic nitrogens is 1. The molecule has 0 saturated carbocycles. The molecule has 19 heavy (non-hydrogen) atoms. The molecule has 3 rings (SSSR count). The zero-order valence-corrected chi connectivity index (χ0v) is 11.1. The first-order chi connectivity index (χ1) is 9.26. The number of fused-ring (bicyclic) bond motifs is 1. The molecule has 102 valence electrons. The zero-order valence-electron chi connectivity index (χ0n) is 11.1. The molecule has 1 saturated heterocycles. The number of benzene rings is 1. The lowest BCUT2D eigenvalue weighted by Gasteiger charge is -2.33. The highest BCUT2D eigenvalue weighted by atomic mass is 16.5. The summed E-state index contributed by atoms with van der Waals surface area (Å²) in [7, 11) is 0. The van der Waals surface area contributed by atoms with Crippen LogP contribution in [0.25, 0.3) is 11.1 Å². The van der Waals surface area contributed by atoms with Crippen LogP contribution in [0.4, 0.5) is 5.69 Å². The molecule has 0 bridgehead atoms. The molecule has 0 spiro atoms. The standard InChI is InChI=1S/C14H19N3O2/c1-2-11-9-18-6-5-17(11)8-14-16-12-7-10(15)3-4-13(12)19-14/h3-4,7,11H,2,5-6,8-9,15H2,1H3. The van der Waals surface area contributed by atoms with Gasteiger partial charge in [0.05, 0.1) is 19.8 Å². The Hall–Kier alpha value is -1.59. The number of nitrogen functional groups attached to an aromatic ring is 1. The Kier molecular flexibility index (Phi) is 3.40. The molecule has 5 nitrogen and oxygen atoms in total. The van der Waals surface area contributed by atoms with Crippen molar-refractivity contribution in [2.45, 2.75) is 25.9 Å². The van der Waals surface area contributed by atoms with Crippen LogP contribution in [0.2, 0.25) is 0 Å². The number of anilines is 1. The molecule has 0 radical (unpaired) electrons. The van der Waals surface area contributed by atoms with Crippen LogP contribution in [0.15, 0.2) is 22.6 Å². The Labute approximate surface area is 112 Å². The largest absolute Gasteiger partial charge is 0.439 e. The van der Waals surface area contributed by atoms with E-state index < -0.39 is 0 Å². The van der Waals surface area contributed by atoms with E-state index in [1.54, 1.807) is 0 Å². The zero-order chi connectivity index (χ0) is 13.2. The minimum absolute atomic E-state index is 0.453. The van der Waals surface area contributed by atoms with Gasteiger partial charge in [0.1, 0.15) is 5.52 Å². The quantitative estimate of drug-likeness (QED) is 0.856. The highest BCUT2D eigenvalue weighted by Gasteiger charge is 2.23. The van der Waals surface area contributed by atoms with Gasteiger partial charge in [-0.1, -0.05) is 6.92 Å². The summed E-state index contributed by atoms with van der Waals surface area (Å²) in [4.78, 5) is 6.88. The third kappa shape index (κ3) is 2.57. The minimum Gasteiger partial charge on any atom is -0.439 e. The van der Waals surface area contributed by atoms with Gasteiger partial charge in [0.15, 0.2) is 5.58 Å². The molecule has 2 N–H and O–H groups in total. The van der Waals surface area contributed by atoms with Gasteiger partial charge in [0, 0.05) is 18.3 Å². The average molecular weight is 261 g/mol. The molecule has 0 amide bonds. The van der Waals surface area contributed by atoms with Gasteiger partial charge < -0.3 is 14.9 Å². The van der Waals surface area contributed by atoms with E-state index in [4.69, 9.17) is 14.9 Å². The summed E-state index contributed by atoms with van der Waals surface area (Å²) in [6.07, 6.45) is 1.08. The van der Waals surface area contributed by atoms with Crippen LogP contribution in [0.1, 0.15) is 19.2 Å². The first-order valence-electron chi connectivity index (χ1n) is 6.73. The maximum atomic E-state index is 5.77. The number of hydrogen-bond acceptors (Lipinski definition) is 5. The van der Waals surface area contributed by atoms with E-state index in [9.17, 15) is 0 Å². The summed E-state index contributed by atoms with van der Waals surface area (Å²) in [5.41, 5.74) is 8.09. The molecule has 1 aromatic heterocycles. The summed E-state index contributed by atoms with van der Waals surface area (Å²) in [6, 6.07) is 6.01. The Morgan fingerprint density at radius 1 is 1.47 bits per heavy atom. The normalized spacial score (nSPS) is 21.0. The van der Waals surface area contributed by atoms with Gasteiger partial charge in [0.25, 0.3) is 0 Å². The van der Waals surface area contributed by atoms with Crippen molar-refractivity contribution >= 4 is 16.8 Å². The SMILES string of the molecule is CCC1COCCN1Cc1nc2cc(N)ccc2o1. The molecule has 1 unspecified atom stereocenters. The number of rotatable bonds is 3. The van der Waals surface area contributed by atoms with Crippen molar-refractivity contribution in [1.82, 2.24) is 9.88 Å². The van der Waals surface area contributed by atoms with Gasteiger partial charge in [0.2, 0.25) is 5.89 Å². The first kappa shape index (κ1) is 12.4. The van der Waals surface area contributed by atoms with Crippen molar-refractivity contribution in [3.63, 3.8) is 0 Å². The van der Waals surface area contributed by atoms with Crippen molar-refractivity contribution in [2.75, 3.05) is 25.5 Å². The number of ether oxygens (including phenoxy) is 1. The van der Waals surface area contributed by atoms with Gasteiger partial charge >= 0.3 is 0 Å². The smallest absolute Gasteiger partial charge is 0.209 e. The van der Waals surface area contributed by atoms with E-state index in [2.05, 4.69) is 16.8 Å². The van der Waals surface area contributed by atoms with Crippen LogP contribution in [0, 0.1) is 0 Å². The molecular formula is C14H19N3O2. The fourth-order valence-electron chi connectivity index (χ4n) is 2.51. The van der Waals surface area contributed by atoms with Gasteiger partial charge in [-0.2, -0.15) is 0 Å². The van der Waals surface area contributed by atoms with Crippen LogP contribution >= 0.6 is 0 Å². The topological polar surface area (TPSA) is 64.5 Å². The third-order valence-electron chi connectivity index (χ3n) is 3.61. The molecule has 1 atom stereocenters. The summed E-state index contributed by atoms with van der Waals surface area (Å²) in [6.45, 7) is 5.42. The first-order valence-corrected chi connectivity index (χ1v) is 6.73. The van der Waals surface area contributed by atoms with E-state index in [0.29, 0.717) is 11.7 Å². The third-order valence-corrected chi connectivity index (χ3v) is 3.61. The van der Waals surface area contributed by atoms with Crippen molar-refractivity contribution in [2.24, 2.45) is 0 Å². The molecule has 2 aromatic rings. The molecule has 1 aromatic carbocycles. The predicted molar refractivity (Wildman–Crippen MR) is 73.7 cm³/mol. The second kappa shape index (κ2) is 5.19.